The van der Waals surface area contributed by atoms with Gasteiger partial charge in [0.05, 0.1) is 16.6 Å². The lowest BCUT2D eigenvalue weighted by Gasteiger charge is -2.74. The molecular weight excluding hydrogens is 509 g/mol. The van der Waals surface area contributed by atoms with Crippen molar-refractivity contribution in [3.8, 4) is 28.8 Å². The highest BCUT2D eigenvalue weighted by molar-refractivity contribution is 5.97. The topological polar surface area (TPSA) is 111 Å². The largest absolute Gasteiger partial charge is 0.481 e. The summed E-state index contributed by atoms with van der Waals surface area (Å²) in [6.07, 6.45) is 3.87. The molecule has 0 radical (unpaired) electrons. The first-order valence-corrected chi connectivity index (χ1v) is 12.7. The second kappa shape index (κ2) is 8.24. The molecule has 39 heavy (non-hydrogen) atoms. The minimum Gasteiger partial charge on any atom is -0.481 e. The monoisotopic (exact) mass is 530 g/mol. The maximum Gasteiger partial charge on any atom is 0.312 e. The van der Waals surface area contributed by atoms with Crippen molar-refractivity contribution in [1.82, 2.24) is 9.97 Å². The number of aromatic amines is 1. The van der Waals surface area contributed by atoms with Gasteiger partial charge in [-0.2, -0.15) is 9.65 Å². The number of hydrogen-bond donors (Lipinski definition) is 3. The SMILES string of the molecule is N#Cc1c(-c2c[nH]c3c(F)cc(F)cc23)nc(N[C@H]2C3CCC4CC3[C@@]42C(=O)O)c(F)c1Oc1ccccc1. The number of hydrogen-bond acceptors (Lipinski definition) is 5. The van der Waals surface area contributed by atoms with E-state index in [0.717, 1.165) is 31.4 Å². The third-order valence-electron chi connectivity index (χ3n) is 8.93. The summed E-state index contributed by atoms with van der Waals surface area (Å²) in [5.74, 6) is -3.85. The van der Waals surface area contributed by atoms with Crippen molar-refractivity contribution >= 4 is 22.7 Å². The van der Waals surface area contributed by atoms with Gasteiger partial charge in [-0.25, -0.2) is 13.8 Å². The third-order valence-corrected chi connectivity index (χ3v) is 8.93. The number of H-pyrrole nitrogens is 1. The highest BCUT2D eigenvalue weighted by Crippen LogP contribution is 2.74. The third kappa shape index (κ3) is 3.10. The molecule has 4 saturated carbocycles. The molecule has 8 rings (SSSR count). The Morgan fingerprint density at radius 2 is 2.00 bits per heavy atom. The van der Waals surface area contributed by atoms with Crippen LogP contribution in [-0.2, 0) is 4.79 Å². The van der Waals surface area contributed by atoms with Crippen LogP contribution in [0.15, 0.2) is 48.7 Å². The number of aromatic nitrogens is 2. The number of pyridine rings is 1. The first-order valence-electron chi connectivity index (χ1n) is 12.7. The Labute approximate surface area is 220 Å². The highest BCUT2D eigenvalue weighted by atomic mass is 19.1. The lowest BCUT2D eigenvalue weighted by Crippen LogP contribution is -2.79. The minimum absolute atomic E-state index is 0.0000978. The second-order valence-corrected chi connectivity index (χ2v) is 10.5. The van der Waals surface area contributed by atoms with E-state index in [0.29, 0.717) is 0 Å². The number of nitrogens with one attached hydrogen (secondary N) is 2. The van der Waals surface area contributed by atoms with E-state index in [1.165, 1.54) is 6.20 Å². The van der Waals surface area contributed by atoms with Gasteiger partial charge in [0.15, 0.2) is 11.6 Å². The van der Waals surface area contributed by atoms with Gasteiger partial charge in [0.25, 0.3) is 0 Å². The van der Waals surface area contributed by atoms with Gasteiger partial charge in [-0.1, -0.05) is 18.2 Å². The van der Waals surface area contributed by atoms with Crippen molar-refractivity contribution in [3.63, 3.8) is 0 Å². The smallest absolute Gasteiger partial charge is 0.312 e. The van der Waals surface area contributed by atoms with Gasteiger partial charge in [-0.3, -0.25) is 4.79 Å². The van der Waals surface area contributed by atoms with Crippen LogP contribution >= 0.6 is 0 Å². The molecule has 0 amide bonds. The van der Waals surface area contributed by atoms with Crippen LogP contribution in [0.5, 0.6) is 11.5 Å². The fourth-order valence-electron chi connectivity index (χ4n) is 7.27. The molecule has 5 atom stereocenters. The summed E-state index contributed by atoms with van der Waals surface area (Å²) in [6.45, 7) is 0. The summed E-state index contributed by atoms with van der Waals surface area (Å²) in [5.41, 5.74) is -1.14. The molecule has 2 heterocycles. The molecular formula is C29H21F3N4O3. The zero-order valence-electron chi connectivity index (χ0n) is 20.3. The Hall–Kier alpha value is -4.52. The lowest BCUT2D eigenvalue weighted by atomic mass is 9.30. The number of anilines is 1. The fraction of sp³-hybridized carbons (Fsp3) is 0.276. The van der Waals surface area contributed by atoms with Crippen molar-refractivity contribution in [1.29, 1.82) is 5.26 Å². The lowest BCUT2D eigenvalue weighted by molar-refractivity contribution is -0.248. The molecule has 196 valence electrons. The molecule has 4 bridgehead atoms. The van der Waals surface area contributed by atoms with E-state index in [4.69, 9.17) is 4.74 Å². The Bertz CT molecular complexity index is 1710. The minimum atomic E-state index is -0.988. The quantitative estimate of drug-likeness (QED) is 0.273. The van der Waals surface area contributed by atoms with E-state index in [9.17, 15) is 23.9 Å². The molecule has 10 heteroatoms. The summed E-state index contributed by atoms with van der Waals surface area (Å²) < 4.78 is 50.6. The van der Waals surface area contributed by atoms with E-state index in [1.807, 2.05) is 6.07 Å². The van der Waals surface area contributed by atoms with E-state index in [-0.39, 0.29) is 57.0 Å². The molecule has 2 aromatic heterocycles. The van der Waals surface area contributed by atoms with Crippen molar-refractivity contribution in [2.75, 3.05) is 5.32 Å². The molecule has 4 aromatic rings. The number of aliphatic carboxylic acids is 1. The van der Waals surface area contributed by atoms with Crippen LogP contribution < -0.4 is 10.1 Å². The van der Waals surface area contributed by atoms with E-state index in [1.54, 1.807) is 30.3 Å². The molecule has 3 N–H and O–H groups in total. The van der Waals surface area contributed by atoms with Gasteiger partial charge in [-0.05, 0) is 55.2 Å². The van der Waals surface area contributed by atoms with Crippen LogP contribution in [0.4, 0.5) is 19.0 Å². The number of carbonyl (C=O) groups is 1. The average Bonchev–Trinajstić information content (AvgIpc) is 3.34. The second-order valence-electron chi connectivity index (χ2n) is 10.5. The zero-order chi connectivity index (χ0) is 27.1. The first kappa shape index (κ1) is 23.6. The number of para-hydroxylation sites is 1. The van der Waals surface area contributed by atoms with Gasteiger partial charge >= 0.3 is 5.97 Å². The van der Waals surface area contributed by atoms with E-state index >= 15 is 4.39 Å². The summed E-state index contributed by atoms with van der Waals surface area (Å²) in [7, 11) is 0. The predicted octanol–water partition coefficient (Wildman–Crippen LogP) is 6.22. The number of fused-ring (bicyclic) bond motifs is 2. The van der Waals surface area contributed by atoms with E-state index < -0.39 is 40.6 Å². The Morgan fingerprint density at radius 1 is 1.21 bits per heavy atom. The van der Waals surface area contributed by atoms with Gasteiger partial charge in [0.1, 0.15) is 29.0 Å². The first-order chi connectivity index (χ1) is 18.8. The maximum absolute atomic E-state index is 16.1. The summed E-state index contributed by atoms with van der Waals surface area (Å²) in [5, 5.41) is 23.5. The molecule has 0 aliphatic heterocycles. The number of nitriles is 1. The molecule has 0 saturated heterocycles. The standard InChI is InChI=1S/C29H21F3N4O3/c30-14-9-17-19(12-34-24(17)21(31)10-14)23-18(11-33)25(39-15-4-2-1-3-5-15)22(32)27(35-23)36-26-16-7-6-13-8-20(16)29(13,26)28(37)38/h1-5,9-10,12-13,16,20,26,34H,6-8H2,(H,35,36)(H,37,38)/t13?,16?,20?,26-,29-/m0/s1. The molecule has 4 aliphatic carbocycles. The summed E-state index contributed by atoms with van der Waals surface area (Å²) in [6, 6.07) is 11.5. The number of carboxylic acid groups (broad SMARTS) is 1. The zero-order valence-corrected chi connectivity index (χ0v) is 20.3. The molecule has 7 nitrogen and oxygen atoms in total. The number of carboxylic acids is 1. The van der Waals surface area contributed by atoms with Gasteiger partial charge in [0.2, 0.25) is 5.82 Å². The molecule has 4 fully saturated rings. The van der Waals surface area contributed by atoms with Gasteiger partial charge < -0.3 is 20.1 Å². The molecule has 3 unspecified atom stereocenters. The summed E-state index contributed by atoms with van der Waals surface area (Å²) in [4.78, 5) is 19.6. The number of ether oxygens (including phenoxy) is 1. The van der Waals surface area contributed by atoms with Crippen LogP contribution in [0.3, 0.4) is 0 Å². The Balaban J connectivity index is 1.41. The van der Waals surface area contributed by atoms with Crippen molar-refractivity contribution < 1.29 is 27.8 Å². The van der Waals surface area contributed by atoms with Crippen molar-refractivity contribution in [3.05, 3.63) is 71.7 Å². The predicted molar refractivity (Wildman–Crippen MR) is 134 cm³/mol. The van der Waals surface area contributed by atoms with Crippen LogP contribution in [0, 0.1) is 52.0 Å². The highest BCUT2D eigenvalue weighted by Gasteiger charge is 2.78. The molecule has 2 aromatic carbocycles. The van der Waals surface area contributed by atoms with Crippen molar-refractivity contribution in [2.45, 2.75) is 25.3 Å². The van der Waals surface area contributed by atoms with Crippen LogP contribution in [0.25, 0.3) is 22.2 Å². The van der Waals surface area contributed by atoms with E-state index in [2.05, 4.69) is 15.3 Å². The number of nitrogens with zero attached hydrogens (tertiary/aromatic N) is 2. The van der Waals surface area contributed by atoms with Crippen LogP contribution in [0.2, 0.25) is 0 Å². The molecule has 4 aliphatic rings. The Kier molecular flexibility index (Phi) is 4.98. The van der Waals surface area contributed by atoms with Crippen LogP contribution in [-0.4, -0.2) is 27.1 Å². The number of rotatable bonds is 6. The number of benzene rings is 2. The van der Waals surface area contributed by atoms with Gasteiger partial charge in [0, 0.05) is 29.3 Å². The normalized spacial score (nSPS) is 26.3. The Morgan fingerprint density at radius 3 is 2.69 bits per heavy atom. The maximum atomic E-state index is 16.1. The van der Waals surface area contributed by atoms with Crippen LogP contribution in [0.1, 0.15) is 24.8 Å². The summed E-state index contributed by atoms with van der Waals surface area (Å²) >= 11 is 0. The van der Waals surface area contributed by atoms with Crippen molar-refractivity contribution in [2.24, 2.45) is 23.2 Å². The number of halogens is 3. The fourth-order valence-corrected chi connectivity index (χ4v) is 7.27. The van der Waals surface area contributed by atoms with Gasteiger partial charge in [-0.15, -0.1) is 0 Å². The average molecular weight is 531 g/mol. The molecule has 0 spiro atoms.